The van der Waals surface area contributed by atoms with Crippen LogP contribution in [0.3, 0.4) is 0 Å². The number of aliphatic imine (C=N–C) groups is 1. The predicted octanol–water partition coefficient (Wildman–Crippen LogP) is 5.51. The van der Waals surface area contributed by atoms with Crippen LogP contribution in [0.1, 0.15) is 86.5 Å². The maximum Gasteiger partial charge on any atom is 0.355 e. The van der Waals surface area contributed by atoms with E-state index in [9.17, 15) is 14.7 Å². The topological polar surface area (TPSA) is 117 Å². The Morgan fingerprint density at radius 3 is 2.38 bits per heavy atom. The molecule has 2 aromatic rings. The highest BCUT2D eigenvalue weighted by Crippen LogP contribution is 2.51. The van der Waals surface area contributed by atoms with Gasteiger partial charge in [-0.2, -0.15) is 0 Å². The highest BCUT2D eigenvalue weighted by Gasteiger charge is 2.49. The number of allylic oxidation sites excluding steroid dienone is 1. The average molecular weight is 595 g/mol. The first kappa shape index (κ1) is 31.7. The van der Waals surface area contributed by atoms with Gasteiger partial charge in [-0.05, 0) is 92.3 Å². The molecular formula is C33H43ClN4O4. The zero-order valence-corrected chi connectivity index (χ0v) is 26.2. The van der Waals surface area contributed by atoms with Gasteiger partial charge in [-0.15, -0.1) is 0 Å². The first-order chi connectivity index (χ1) is 19.6. The number of aliphatic hydroxyl groups is 1. The summed E-state index contributed by atoms with van der Waals surface area (Å²) in [5, 5.41) is 13.2. The van der Waals surface area contributed by atoms with Crippen LogP contribution in [0.5, 0.6) is 0 Å². The molecule has 0 unspecified atom stereocenters. The standard InChI is InChI=1S/C33H43ClN4O4/c1-20-16-25(18-27(34)17-20)28-22(3)38(32(37-28)14-12-26(13-15-32)31(4,5)6)21(2)23-8-10-24(11-9-23)29(39)36-19-33(35,41)30(40)42-7/h8-11,16-18,21,26,41H,3,12-15,19,35H2,1-2,4-7H3,(H,36,39)/t21-,26?,32?,33-/m1/s1. The molecule has 226 valence electrons. The van der Waals surface area contributed by atoms with Crippen LogP contribution in [0, 0.1) is 18.3 Å². The minimum atomic E-state index is -2.31. The number of hydrogen-bond donors (Lipinski definition) is 3. The van der Waals surface area contributed by atoms with Gasteiger partial charge in [0.25, 0.3) is 5.91 Å². The number of nitrogens with two attached hydrogens (primary N) is 1. The number of nitrogens with zero attached hydrogens (tertiary/aromatic N) is 2. The Labute approximate surface area is 254 Å². The Morgan fingerprint density at radius 2 is 1.83 bits per heavy atom. The van der Waals surface area contributed by atoms with Gasteiger partial charge in [-0.1, -0.05) is 51.1 Å². The Bertz CT molecular complexity index is 1370. The molecule has 2 aliphatic rings. The molecule has 1 aliphatic heterocycles. The highest BCUT2D eigenvalue weighted by molar-refractivity contribution is 6.31. The molecule has 4 N–H and O–H groups in total. The molecule has 0 bridgehead atoms. The number of carbonyl (C=O) groups is 2. The largest absolute Gasteiger partial charge is 0.466 e. The SMILES string of the molecule is C=C1C(c2cc(C)cc(Cl)c2)=NC2(CCC(C(C)(C)C)CC2)N1[C@H](C)c1ccc(C(=O)NC[C@@](N)(O)C(=O)OC)cc1. The molecule has 2 aromatic carbocycles. The minimum Gasteiger partial charge on any atom is -0.466 e. The molecule has 0 radical (unpaired) electrons. The normalized spacial score (nSPS) is 22.9. The smallest absolute Gasteiger partial charge is 0.355 e. The van der Waals surface area contributed by atoms with Crippen LogP contribution in [0.4, 0.5) is 0 Å². The molecule has 2 atom stereocenters. The van der Waals surface area contributed by atoms with E-state index in [1.165, 1.54) is 0 Å². The molecule has 0 aromatic heterocycles. The Hall–Kier alpha value is -3.20. The molecule has 4 rings (SSSR count). The lowest BCUT2D eigenvalue weighted by Crippen LogP contribution is -2.56. The summed E-state index contributed by atoms with van der Waals surface area (Å²) >= 11 is 6.45. The summed E-state index contributed by atoms with van der Waals surface area (Å²) in [7, 11) is 1.11. The third-order valence-corrected chi connectivity index (χ3v) is 8.98. The van der Waals surface area contributed by atoms with Crippen LogP contribution in [0.25, 0.3) is 0 Å². The summed E-state index contributed by atoms with van der Waals surface area (Å²) in [4.78, 5) is 32.1. The molecule has 1 amide bonds. The van der Waals surface area contributed by atoms with Gasteiger partial charge in [0.2, 0.25) is 5.72 Å². The summed E-state index contributed by atoms with van der Waals surface area (Å²) in [5.74, 6) is -0.881. The molecule has 0 saturated heterocycles. The van der Waals surface area contributed by atoms with E-state index in [1.54, 1.807) is 12.1 Å². The predicted molar refractivity (Wildman–Crippen MR) is 166 cm³/mol. The fourth-order valence-corrected chi connectivity index (χ4v) is 6.61. The van der Waals surface area contributed by atoms with Crippen molar-refractivity contribution in [3.63, 3.8) is 0 Å². The third-order valence-electron chi connectivity index (χ3n) is 8.76. The fourth-order valence-electron chi connectivity index (χ4n) is 6.32. The minimum absolute atomic E-state index is 0.0733. The summed E-state index contributed by atoms with van der Waals surface area (Å²) in [6, 6.07) is 13.2. The number of carbonyl (C=O) groups excluding carboxylic acids is 2. The lowest BCUT2D eigenvalue weighted by molar-refractivity contribution is -0.161. The van der Waals surface area contributed by atoms with Crippen molar-refractivity contribution in [2.75, 3.05) is 13.7 Å². The van der Waals surface area contributed by atoms with E-state index < -0.39 is 29.8 Å². The Morgan fingerprint density at radius 1 is 1.21 bits per heavy atom. The molecule has 8 nitrogen and oxygen atoms in total. The number of hydrogen-bond acceptors (Lipinski definition) is 7. The number of methoxy groups -OCH3 is 1. The first-order valence-corrected chi connectivity index (χ1v) is 14.8. The van der Waals surface area contributed by atoms with Crippen LogP contribution in [-0.4, -0.2) is 52.6 Å². The van der Waals surface area contributed by atoms with E-state index in [1.807, 2.05) is 31.2 Å². The lowest BCUT2D eigenvalue weighted by atomic mass is 9.69. The summed E-state index contributed by atoms with van der Waals surface area (Å²) in [5.41, 5.74) is 8.21. The second-order valence-electron chi connectivity index (χ2n) is 12.8. The average Bonchev–Trinajstić information content (AvgIpc) is 3.21. The van der Waals surface area contributed by atoms with Crippen LogP contribution >= 0.6 is 11.6 Å². The number of esters is 1. The van der Waals surface area contributed by atoms with Gasteiger partial charge in [0.15, 0.2) is 0 Å². The monoisotopic (exact) mass is 594 g/mol. The van der Waals surface area contributed by atoms with Gasteiger partial charge in [-0.3, -0.25) is 15.5 Å². The van der Waals surface area contributed by atoms with Crippen molar-refractivity contribution in [1.29, 1.82) is 0 Å². The molecule has 9 heteroatoms. The van der Waals surface area contributed by atoms with E-state index in [0.717, 1.165) is 60.9 Å². The van der Waals surface area contributed by atoms with Crippen molar-refractivity contribution in [2.45, 2.75) is 77.7 Å². The van der Waals surface area contributed by atoms with Crippen LogP contribution in [-0.2, 0) is 9.53 Å². The maximum atomic E-state index is 12.7. The molecule has 1 spiro atoms. The summed E-state index contributed by atoms with van der Waals surface area (Å²) in [6.07, 6.45) is 3.99. The van der Waals surface area contributed by atoms with Gasteiger partial charge in [0, 0.05) is 16.1 Å². The number of halogens is 1. The van der Waals surface area contributed by atoms with Crippen LogP contribution in [0.15, 0.2) is 59.7 Å². The van der Waals surface area contributed by atoms with E-state index >= 15 is 0 Å². The van der Waals surface area contributed by atoms with E-state index in [-0.39, 0.29) is 11.5 Å². The maximum absolute atomic E-state index is 12.7. The quantitative estimate of drug-likeness (QED) is 0.287. The van der Waals surface area contributed by atoms with Gasteiger partial charge in [-0.25, -0.2) is 4.79 Å². The van der Waals surface area contributed by atoms with Gasteiger partial charge < -0.3 is 20.1 Å². The van der Waals surface area contributed by atoms with Gasteiger partial charge >= 0.3 is 5.97 Å². The zero-order chi connectivity index (χ0) is 31.0. The number of rotatable bonds is 7. The molecule has 1 fully saturated rings. The second kappa shape index (κ2) is 11.8. The first-order valence-electron chi connectivity index (χ1n) is 14.4. The zero-order valence-electron chi connectivity index (χ0n) is 25.5. The third kappa shape index (κ3) is 6.41. The van der Waals surface area contributed by atoms with Crippen molar-refractivity contribution in [2.24, 2.45) is 22.1 Å². The van der Waals surface area contributed by atoms with E-state index in [2.05, 4.69) is 55.3 Å². The molecule has 1 aliphatic carbocycles. The van der Waals surface area contributed by atoms with E-state index in [4.69, 9.17) is 22.3 Å². The summed E-state index contributed by atoms with van der Waals surface area (Å²) < 4.78 is 4.48. The number of benzene rings is 2. The van der Waals surface area contributed by atoms with Crippen molar-refractivity contribution >= 4 is 29.2 Å². The fraction of sp³-hybridized carbons (Fsp3) is 0.485. The lowest BCUT2D eigenvalue weighted by Gasteiger charge is -2.48. The van der Waals surface area contributed by atoms with Crippen molar-refractivity contribution in [3.8, 4) is 0 Å². The molecule has 1 heterocycles. The van der Waals surface area contributed by atoms with Crippen molar-refractivity contribution < 1.29 is 19.4 Å². The number of aryl methyl sites for hydroxylation is 1. The number of ether oxygens (including phenoxy) is 1. The molecule has 1 saturated carbocycles. The van der Waals surface area contributed by atoms with Gasteiger partial charge in [0.05, 0.1) is 31.1 Å². The Kier molecular flexibility index (Phi) is 8.93. The molecular weight excluding hydrogens is 552 g/mol. The van der Waals surface area contributed by atoms with Crippen molar-refractivity contribution in [1.82, 2.24) is 10.2 Å². The van der Waals surface area contributed by atoms with Crippen LogP contribution in [0.2, 0.25) is 5.02 Å². The highest BCUT2D eigenvalue weighted by atomic mass is 35.5. The van der Waals surface area contributed by atoms with E-state index in [0.29, 0.717) is 16.5 Å². The number of amides is 1. The summed E-state index contributed by atoms with van der Waals surface area (Å²) in [6.45, 7) is 15.2. The van der Waals surface area contributed by atoms with Crippen LogP contribution < -0.4 is 11.1 Å². The second-order valence-corrected chi connectivity index (χ2v) is 13.3. The number of nitrogens with one attached hydrogen (secondary N) is 1. The van der Waals surface area contributed by atoms with Crippen molar-refractivity contribution in [3.05, 3.63) is 82.0 Å². The van der Waals surface area contributed by atoms with Gasteiger partial charge in [0.1, 0.15) is 5.66 Å². The Balaban J connectivity index is 1.60. The molecule has 42 heavy (non-hydrogen) atoms.